The summed E-state index contributed by atoms with van der Waals surface area (Å²) < 4.78 is 27.4. The van der Waals surface area contributed by atoms with Gasteiger partial charge in [-0.3, -0.25) is 9.59 Å². The first-order chi connectivity index (χ1) is 8.72. The van der Waals surface area contributed by atoms with Crippen LogP contribution in [0.5, 0.6) is 0 Å². The van der Waals surface area contributed by atoms with Crippen LogP contribution in [0, 0.1) is 0 Å². The van der Waals surface area contributed by atoms with Crippen LogP contribution >= 0.6 is 0 Å². The number of carboxylic acids is 1. The van der Waals surface area contributed by atoms with Gasteiger partial charge in [0.25, 0.3) is 0 Å². The van der Waals surface area contributed by atoms with E-state index in [0.29, 0.717) is 0 Å². The highest BCUT2D eigenvalue weighted by atomic mass is 32.2. The number of sulfonamides is 1. The van der Waals surface area contributed by atoms with E-state index in [4.69, 9.17) is 10.8 Å². The molecule has 0 fully saturated rings. The fraction of sp³-hybridized carbons (Fsp3) is 0.400. The number of carbonyl (C=O) groups is 2. The fourth-order valence-corrected chi connectivity index (χ4v) is 2.69. The number of nitrogens with one attached hydrogen (secondary N) is 1. The molecule has 1 aromatic rings. The largest absolute Gasteiger partial charge is 0.480 e. The lowest BCUT2D eigenvalue weighted by Crippen LogP contribution is -2.41. The van der Waals surface area contributed by atoms with Crippen LogP contribution in [0.1, 0.15) is 12.8 Å². The molecule has 1 rings (SSSR count). The number of carboxylic acid groups (broad SMARTS) is 1. The summed E-state index contributed by atoms with van der Waals surface area (Å²) in [5.74, 6) is -2.05. The van der Waals surface area contributed by atoms with E-state index < -0.39 is 27.9 Å². The molecular formula is C10H15N3O5S. The van der Waals surface area contributed by atoms with Crippen LogP contribution in [-0.4, -0.2) is 36.0 Å². The number of aliphatic carboxylic acids is 1. The summed E-state index contributed by atoms with van der Waals surface area (Å²) in [4.78, 5) is 21.5. The Labute approximate surface area is 110 Å². The van der Waals surface area contributed by atoms with Gasteiger partial charge < -0.3 is 15.4 Å². The van der Waals surface area contributed by atoms with Crippen LogP contribution in [0.4, 0.5) is 0 Å². The summed E-state index contributed by atoms with van der Waals surface area (Å²) in [5.41, 5.74) is 4.91. The van der Waals surface area contributed by atoms with Crippen LogP contribution in [0.25, 0.3) is 0 Å². The van der Waals surface area contributed by atoms with Crippen molar-refractivity contribution in [3.05, 3.63) is 18.5 Å². The maximum Gasteiger partial charge on any atom is 0.321 e. The van der Waals surface area contributed by atoms with E-state index in [1.165, 1.54) is 23.0 Å². The molecule has 0 aliphatic heterocycles. The van der Waals surface area contributed by atoms with E-state index in [2.05, 4.69) is 0 Å². The second-order valence-electron chi connectivity index (χ2n) is 4.03. The Morgan fingerprint density at radius 1 is 1.53 bits per heavy atom. The summed E-state index contributed by atoms with van der Waals surface area (Å²) >= 11 is 0. The maximum atomic E-state index is 11.9. The third-order valence-electron chi connectivity index (χ3n) is 2.39. The first-order valence-electron chi connectivity index (χ1n) is 5.38. The zero-order valence-electron chi connectivity index (χ0n) is 10.2. The number of hydrogen-bond acceptors (Lipinski definition) is 4. The van der Waals surface area contributed by atoms with Crippen molar-refractivity contribution in [2.24, 2.45) is 12.8 Å². The van der Waals surface area contributed by atoms with Crippen LogP contribution in [0.3, 0.4) is 0 Å². The first kappa shape index (κ1) is 15.2. The third kappa shape index (κ3) is 4.38. The van der Waals surface area contributed by atoms with Gasteiger partial charge in [0, 0.05) is 25.9 Å². The van der Waals surface area contributed by atoms with Crippen molar-refractivity contribution in [2.45, 2.75) is 23.8 Å². The van der Waals surface area contributed by atoms with E-state index in [0.717, 1.165) is 0 Å². The second kappa shape index (κ2) is 5.85. The summed E-state index contributed by atoms with van der Waals surface area (Å²) in [6, 6.07) is -0.0484. The zero-order chi connectivity index (χ0) is 14.6. The van der Waals surface area contributed by atoms with Crippen LogP contribution < -0.4 is 10.5 Å². The van der Waals surface area contributed by atoms with Gasteiger partial charge in [-0.05, 0) is 12.5 Å². The maximum absolute atomic E-state index is 11.9. The predicted molar refractivity (Wildman–Crippen MR) is 65.6 cm³/mol. The Morgan fingerprint density at radius 3 is 2.58 bits per heavy atom. The van der Waals surface area contributed by atoms with Gasteiger partial charge in [0.15, 0.2) is 0 Å². The number of aromatic nitrogens is 1. The molecule has 8 nitrogen and oxygen atoms in total. The van der Waals surface area contributed by atoms with E-state index in [9.17, 15) is 18.0 Å². The summed E-state index contributed by atoms with van der Waals surface area (Å²) in [5, 5.41) is 8.92. The van der Waals surface area contributed by atoms with E-state index in [1.807, 2.05) is 4.72 Å². The van der Waals surface area contributed by atoms with Crippen LogP contribution in [0.15, 0.2) is 23.4 Å². The van der Waals surface area contributed by atoms with Gasteiger partial charge in [-0.15, -0.1) is 0 Å². The number of hydrogen-bond donors (Lipinski definition) is 3. The lowest BCUT2D eigenvalue weighted by atomic mass is 10.2. The molecule has 0 aromatic carbocycles. The van der Waals surface area contributed by atoms with Crippen molar-refractivity contribution in [2.75, 3.05) is 0 Å². The van der Waals surface area contributed by atoms with E-state index in [-0.39, 0.29) is 17.7 Å². The summed E-state index contributed by atoms with van der Waals surface area (Å²) in [7, 11) is -2.30. The Balaban J connectivity index is 2.84. The molecule has 0 unspecified atom stereocenters. The quantitative estimate of drug-likeness (QED) is 0.593. The molecule has 0 aliphatic rings. The van der Waals surface area contributed by atoms with Gasteiger partial charge in [0.1, 0.15) is 6.04 Å². The molecular weight excluding hydrogens is 274 g/mol. The van der Waals surface area contributed by atoms with Gasteiger partial charge in [0.2, 0.25) is 15.9 Å². The molecule has 0 aliphatic carbocycles. The fourth-order valence-electron chi connectivity index (χ4n) is 1.41. The first-order valence-corrected chi connectivity index (χ1v) is 6.86. The number of aryl methyl sites for hydroxylation is 1. The van der Waals surface area contributed by atoms with E-state index >= 15 is 0 Å². The zero-order valence-corrected chi connectivity index (χ0v) is 11.1. The van der Waals surface area contributed by atoms with Gasteiger partial charge in [-0.1, -0.05) is 0 Å². The number of nitrogens with zero attached hydrogens (tertiary/aromatic N) is 1. The predicted octanol–water partition coefficient (Wildman–Crippen LogP) is -0.978. The molecule has 19 heavy (non-hydrogen) atoms. The van der Waals surface area contributed by atoms with Crippen molar-refractivity contribution in [1.29, 1.82) is 0 Å². The van der Waals surface area contributed by atoms with Gasteiger partial charge in [0.05, 0.1) is 4.90 Å². The minimum Gasteiger partial charge on any atom is -0.480 e. The summed E-state index contributed by atoms with van der Waals surface area (Å²) in [6.45, 7) is 0. The Kier molecular flexibility index (Phi) is 4.67. The molecule has 0 saturated carbocycles. The Hall–Kier alpha value is -1.87. The number of rotatable bonds is 7. The monoisotopic (exact) mass is 289 g/mol. The molecule has 1 amide bonds. The molecule has 1 atom stereocenters. The van der Waals surface area contributed by atoms with Crippen LogP contribution in [-0.2, 0) is 26.7 Å². The number of primary amides is 1. The number of nitrogens with two attached hydrogens (primary N) is 1. The average molecular weight is 289 g/mol. The molecule has 0 spiro atoms. The minimum atomic E-state index is -3.94. The van der Waals surface area contributed by atoms with Crippen LogP contribution in [0.2, 0.25) is 0 Å². The molecule has 1 heterocycles. The van der Waals surface area contributed by atoms with E-state index in [1.54, 1.807) is 7.05 Å². The van der Waals surface area contributed by atoms with Crippen molar-refractivity contribution in [1.82, 2.24) is 9.29 Å². The van der Waals surface area contributed by atoms with Crippen molar-refractivity contribution < 1.29 is 23.1 Å². The average Bonchev–Trinajstić information content (AvgIpc) is 2.71. The highest BCUT2D eigenvalue weighted by Crippen LogP contribution is 2.10. The van der Waals surface area contributed by atoms with Gasteiger partial charge in [-0.25, -0.2) is 8.42 Å². The Bertz CT molecular complexity index is 578. The van der Waals surface area contributed by atoms with Gasteiger partial charge >= 0.3 is 5.97 Å². The highest BCUT2D eigenvalue weighted by Gasteiger charge is 2.26. The normalized spacial score (nSPS) is 13.1. The second-order valence-corrected chi connectivity index (χ2v) is 5.74. The van der Waals surface area contributed by atoms with Crippen molar-refractivity contribution in [3.8, 4) is 0 Å². The molecule has 4 N–H and O–H groups in total. The Morgan fingerprint density at radius 2 is 2.16 bits per heavy atom. The molecule has 0 saturated heterocycles. The number of amides is 1. The molecule has 0 radical (unpaired) electrons. The lowest BCUT2D eigenvalue weighted by Gasteiger charge is -2.13. The molecule has 9 heteroatoms. The SMILES string of the molecule is Cn1ccc(S(=O)(=O)N[C@@H](CCC(N)=O)C(=O)O)c1. The number of carbonyl (C=O) groups excluding carboxylic acids is 1. The molecule has 1 aromatic heterocycles. The van der Waals surface area contributed by atoms with Gasteiger partial charge in [-0.2, -0.15) is 4.72 Å². The van der Waals surface area contributed by atoms with Crippen molar-refractivity contribution in [3.63, 3.8) is 0 Å². The molecule has 0 bridgehead atoms. The molecule has 106 valence electrons. The topological polar surface area (TPSA) is 131 Å². The standard InChI is InChI=1S/C10H15N3O5S/c1-13-5-4-7(6-13)19(17,18)12-8(10(15)16)2-3-9(11)14/h4-6,8,12H,2-3H2,1H3,(H2,11,14)(H,15,16)/t8-/m0/s1. The highest BCUT2D eigenvalue weighted by molar-refractivity contribution is 7.89. The minimum absolute atomic E-state index is 0.0414. The smallest absolute Gasteiger partial charge is 0.321 e. The summed E-state index contributed by atoms with van der Waals surface area (Å²) in [6.07, 6.45) is 2.45. The lowest BCUT2D eigenvalue weighted by molar-refractivity contribution is -0.139. The van der Waals surface area contributed by atoms with Crippen molar-refractivity contribution >= 4 is 21.9 Å². The third-order valence-corrected chi connectivity index (χ3v) is 3.85.